The summed E-state index contributed by atoms with van der Waals surface area (Å²) >= 11 is 0. The molecule has 4 heteroatoms. The van der Waals surface area contributed by atoms with Crippen LogP contribution in [0.3, 0.4) is 0 Å². The van der Waals surface area contributed by atoms with Crippen LogP contribution in [0, 0.1) is 24.5 Å². The third-order valence-electron chi connectivity index (χ3n) is 3.27. The predicted octanol–water partition coefficient (Wildman–Crippen LogP) is 3.21. The minimum absolute atomic E-state index is 0.139. The van der Waals surface area contributed by atoms with E-state index in [-0.39, 0.29) is 12.0 Å². The molecule has 0 heterocycles. The molecule has 18 heavy (non-hydrogen) atoms. The number of nitrogens with one attached hydrogen (secondary N) is 1. The topological polar surface area (TPSA) is 21.3 Å². The van der Waals surface area contributed by atoms with Crippen LogP contribution in [0.5, 0.6) is 0 Å². The van der Waals surface area contributed by atoms with Gasteiger partial charge in [-0.05, 0) is 37.9 Å². The quantitative estimate of drug-likeness (QED) is 0.845. The molecule has 0 saturated heterocycles. The first-order valence-electron chi connectivity index (χ1n) is 6.13. The zero-order chi connectivity index (χ0) is 13.7. The molecule has 0 fully saturated rings. The van der Waals surface area contributed by atoms with Crippen molar-refractivity contribution in [2.75, 3.05) is 20.8 Å². The van der Waals surface area contributed by atoms with Gasteiger partial charge in [-0.15, -0.1) is 0 Å². The van der Waals surface area contributed by atoms with Crippen LogP contribution in [0.2, 0.25) is 0 Å². The molecule has 2 atom stereocenters. The Morgan fingerprint density at radius 1 is 1.28 bits per heavy atom. The molecule has 1 rings (SSSR count). The van der Waals surface area contributed by atoms with E-state index in [2.05, 4.69) is 5.32 Å². The molecule has 0 amide bonds. The molecule has 0 aromatic heterocycles. The van der Waals surface area contributed by atoms with Crippen LogP contribution in [-0.4, -0.2) is 20.8 Å². The van der Waals surface area contributed by atoms with E-state index in [0.717, 1.165) is 12.5 Å². The maximum atomic E-state index is 13.8. The summed E-state index contributed by atoms with van der Waals surface area (Å²) in [6.07, 6.45) is 0.817. The van der Waals surface area contributed by atoms with Gasteiger partial charge in [-0.25, -0.2) is 8.78 Å². The van der Waals surface area contributed by atoms with Crippen molar-refractivity contribution in [1.82, 2.24) is 5.32 Å². The van der Waals surface area contributed by atoms with Crippen molar-refractivity contribution in [2.24, 2.45) is 5.92 Å². The second-order valence-corrected chi connectivity index (χ2v) is 4.65. The third kappa shape index (κ3) is 3.50. The highest BCUT2D eigenvalue weighted by Gasteiger charge is 2.21. The van der Waals surface area contributed by atoms with Crippen molar-refractivity contribution in [3.05, 3.63) is 34.9 Å². The van der Waals surface area contributed by atoms with Gasteiger partial charge in [0.2, 0.25) is 0 Å². The van der Waals surface area contributed by atoms with Gasteiger partial charge in [0.05, 0.1) is 0 Å². The van der Waals surface area contributed by atoms with Crippen LogP contribution in [0.4, 0.5) is 8.78 Å². The lowest BCUT2D eigenvalue weighted by molar-refractivity contribution is 0.171. The van der Waals surface area contributed by atoms with E-state index in [1.54, 1.807) is 27.1 Å². The van der Waals surface area contributed by atoms with Gasteiger partial charge in [0.1, 0.15) is 11.6 Å². The number of hydrogen-bond donors (Lipinski definition) is 1. The number of aryl methyl sites for hydroxylation is 1. The van der Waals surface area contributed by atoms with Crippen LogP contribution in [0.15, 0.2) is 12.1 Å². The van der Waals surface area contributed by atoms with Crippen molar-refractivity contribution in [3.8, 4) is 0 Å². The Morgan fingerprint density at radius 2 is 1.94 bits per heavy atom. The molecule has 2 nitrogen and oxygen atoms in total. The van der Waals surface area contributed by atoms with E-state index < -0.39 is 11.6 Å². The smallest absolute Gasteiger partial charge is 0.130 e. The van der Waals surface area contributed by atoms with Crippen LogP contribution in [0.25, 0.3) is 0 Å². The monoisotopic (exact) mass is 257 g/mol. The fourth-order valence-corrected chi connectivity index (χ4v) is 2.13. The average molecular weight is 257 g/mol. The Kier molecular flexibility index (Phi) is 5.69. The summed E-state index contributed by atoms with van der Waals surface area (Å²) in [6, 6.07) is 2.40. The van der Waals surface area contributed by atoms with Crippen molar-refractivity contribution >= 4 is 0 Å². The van der Waals surface area contributed by atoms with Crippen LogP contribution < -0.4 is 5.32 Å². The maximum Gasteiger partial charge on any atom is 0.130 e. The van der Waals surface area contributed by atoms with Gasteiger partial charge < -0.3 is 10.1 Å². The second-order valence-electron chi connectivity index (χ2n) is 4.65. The highest BCUT2D eigenvalue weighted by molar-refractivity contribution is 5.28. The summed E-state index contributed by atoms with van der Waals surface area (Å²) in [7, 11) is 3.43. The van der Waals surface area contributed by atoms with Gasteiger partial charge in [-0.2, -0.15) is 0 Å². The Labute approximate surface area is 107 Å². The van der Waals surface area contributed by atoms with E-state index in [1.165, 1.54) is 0 Å². The molecule has 0 aliphatic rings. The molecular formula is C14H21F2NO. The predicted molar refractivity (Wildman–Crippen MR) is 68.6 cm³/mol. The molecule has 1 aromatic carbocycles. The van der Waals surface area contributed by atoms with E-state index in [4.69, 9.17) is 4.74 Å². The van der Waals surface area contributed by atoms with E-state index in [9.17, 15) is 8.78 Å². The molecule has 0 spiro atoms. The lowest BCUT2D eigenvalue weighted by Gasteiger charge is -2.24. The molecule has 0 aliphatic carbocycles. The SMILES string of the molecule is CNC(c1cc(C)c(F)cc1F)C(C)CCOC. The molecular weight excluding hydrogens is 236 g/mol. The van der Waals surface area contributed by atoms with Crippen LogP contribution in [0.1, 0.15) is 30.5 Å². The number of benzene rings is 1. The van der Waals surface area contributed by atoms with Gasteiger partial charge >= 0.3 is 0 Å². The summed E-state index contributed by atoms with van der Waals surface area (Å²) in [4.78, 5) is 0. The normalized spacial score (nSPS) is 14.6. The first kappa shape index (κ1) is 15.1. The van der Waals surface area contributed by atoms with E-state index in [0.29, 0.717) is 17.7 Å². The van der Waals surface area contributed by atoms with Crippen molar-refractivity contribution in [3.63, 3.8) is 0 Å². The van der Waals surface area contributed by atoms with Crippen LogP contribution >= 0.6 is 0 Å². The van der Waals surface area contributed by atoms with Gasteiger partial charge in [0.25, 0.3) is 0 Å². The summed E-state index contributed by atoms with van der Waals surface area (Å²) in [5.41, 5.74) is 0.977. The Morgan fingerprint density at radius 3 is 2.50 bits per heavy atom. The molecule has 0 radical (unpaired) electrons. The molecule has 0 aliphatic heterocycles. The summed E-state index contributed by atoms with van der Waals surface area (Å²) in [5, 5.41) is 3.10. The molecule has 1 N–H and O–H groups in total. The van der Waals surface area contributed by atoms with E-state index >= 15 is 0 Å². The average Bonchev–Trinajstić information content (AvgIpc) is 2.33. The van der Waals surface area contributed by atoms with Gasteiger partial charge in [0.15, 0.2) is 0 Å². The summed E-state index contributed by atoms with van der Waals surface area (Å²) < 4.78 is 32.1. The Hall–Kier alpha value is -1.00. The lowest BCUT2D eigenvalue weighted by atomic mass is 9.91. The van der Waals surface area contributed by atoms with Gasteiger partial charge in [-0.1, -0.05) is 6.92 Å². The third-order valence-corrected chi connectivity index (χ3v) is 3.27. The zero-order valence-electron chi connectivity index (χ0n) is 11.4. The van der Waals surface area contributed by atoms with Crippen molar-refractivity contribution in [2.45, 2.75) is 26.3 Å². The Bertz CT molecular complexity index is 396. The summed E-state index contributed by atoms with van der Waals surface area (Å²) in [5.74, 6) is -0.799. The van der Waals surface area contributed by atoms with E-state index in [1.807, 2.05) is 6.92 Å². The lowest BCUT2D eigenvalue weighted by Crippen LogP contribution is -2.25. The first-order valence-corrected chi connectivity index (χ1v) is 6.13. The highest BCUT2D eigenvalue weighted by atomic mass is 19.1. The number of hydrogen-bond acceptors (Lipinski definition) is 2. The van der Waals surface area contributed by atoms with Crippen molar-refractivity contribution < 1.29 is 13.5 Å². The highest BCUT2D eigenvalue weighted by Crippen LogP contribution is 2.28. The molecule has 102 valence electrons. The Balaban J connectivity index is 2.97. The molecule has 1 aromatic rings. The first-order chi connectivity index (χ1) is 8.51. The number of rotatable bonds is 6. The van der Waals surface area contributed by atoms with Gasteiger partial charge in [0, 0.05) is 31.4 Å². The minimum Gasteiger partial charge on any atom is -0.385 e. The number of halogens is 2. The molecule has 2 unspecified atom stereocenters. The molecule has 0 bridgehead atoms. The zero-order valence-corrected chi connectivity index (χ0v) is 11.4. The largest absolute Gasteiger partial charge is 0.385 e. The van der Waals surface area contributed by atoms with Crippen LogP contribution in [-0.2, 0) is 4.74 Å². The number of methoxy groups -OCH3 is 1. The standard InChI is InChI=1S/C14H21F2NO/c1-9(5-6-18-4)14(17-3)11-7-10(2)12(15)8-13(11)16/h7-9,14,17H,5-6H2,1-4H3. The molecule has 0 saturated carbocycles. The minimum atomic E-state index is -0.504. The fraction of sp³-hybridized carbons (Fsp3) is 0.571. The van der Waals surface area contributed by atoms with Gasteiger partial charge in [-0.3, -0.25) is 0 Å². The maximum absolute atomic E-state index is 13.8. The summed E-state index contributed by atoms with van der Waals surface area (Å²) in [6.45, 7) is 4.30. The fourth-order valence-electron chi connectivity index (χ4n) is 2.13. The number of ether oxygens (including phenoxy) is 1. The van der Waals surface area contributed by atoms with Crippen molar-refractivity contribution in [1.29, 1.82) is 0 Å². The second kappa shape index (κ2) is 6.81.